The lowest BCUT2D eigenvalue weighted by molar-refractivity contribution is -0.206. The monoisotopic (exact) mass is 322 g/mol. The minimum absolute atomic E-state index is 0.430. The first kappa shape index (κ1) is 17.1. The maximum atomic E-state index is 12.4. The Morgan fingerprint density at radius 3 is 2.32 bits per heavy atom. The summed E-state index contributed by atoms with van der Waals surface area (Å²) in [6, 6.07) is -0.851. The fourth-order valence-electron chi connectivity index (χ4n) is 3.26. The molecule has 0 bridgehead atoms. The Balaban J connectivity index is 2.06. The van der Waals surface area contributed by atoms with Gasteiger partial charge >= 0.3 is 12.2 Å². The quantitative estimate of drug-likeness (QED) is 0.781. The van der Waals surface area contributed by atoms with Crippen molar-refractivity contribution in [2.45, 2.75) is 57.3 Å². The molecule has 0 aromatic rings. The second kappa shape index (κ2) is 5.72. The lowest BCUT2D eigenvalue weighted by Gasteiger charge is -2.36. The van der Waals surface area contributed by atoms with Crippen LogP contribution < -0.4 is 5.32 Å². The second-order valence-electron chi connectivity index (χ2n) is 6.57. The van der Waals surface area contributed by atoms with E-state index in [1.807, 2.05) is 0 Å². The van der Waals surface area contributed by atoms with Crippen LogP contribution in [0.5, 0.6) is 0 Å². The van der Waals surface area contributed by atoms with Crippen molar-refractivity contribution in [2.24, 2.45) is 11.8 Å². The lowest BCUT2D eigenvalue weighted by Crippen LogP contribution is -2.50. The van der Waals surface area contributed by atoms with E-state index >= 15 is 0 Å². The maximum Gasteiger partial charge on any atom is 0.416 e. The molecule has 0 unspecified atom stereocenters. The van der Waals surface area contributed by atoms with E-state index in [-0.39, 0.29) is 0 Å². The zero-order valence-electron chi connectivity index (χ0n) is 12.6. The molecule has 126 valence electrons. The number of hydrogen-bond donors (Lipinski definition) is 2. The van der Waals surface area contributed by atoms with Crippen LogP contribution in [-0.2, 0) is 4.79 Å². The van der Waals surface area contributed by atoms with Gasteiger partial charge in [-0.05, 0) is 37.5 Å². The minimum Gasteiger partial charge on any atom is -0.382 e. The zero-order chi connectivity index (χ0) is 16.7. The number of nitrogens with zero attached hydrogens (tertiary/aromatic N) is 1. The molecular weight excluding hydrogens is 301 g/mol. The second-order valence-corrected chi connectivity index (χ2v) is 6.57. The van der Waals surface area contributed by atoms with Gasteiger partial charge in [0.1, 0.15) is 5.54 Å². The van der Waals surface area contributed by atoms with Gasteiger partial charge in [-0.15, -0.1) is 0 Å². The van der Waals surface area contributed by atoms with Crippen LogP contribution in [0.2, 0.25) is 0 Å². The predicted molar refractivity (Wildman–Crippen MR) is 71.8 cm³/mol. The number of rotatable bonds is 3. The fraction of sp³-hybridized carbons (Fsp3) is 0.857. The maximum absolute atomic E-state index is 12.4. The van der Waals surface area contributed by atoms with Gasteiger partial charge in [0, 0.05) is 0 Å². The number of imide groups is 1. The molecule has 0 radical (unpaired) electrons. The Kier molecular flexibility index (Phi) is 4.43. The minimum atomic E-state index is -4.86. The van der Waals surface area contributed by atoms with Crippen LogP contribution in [0.15, 0.2) is 0 Å². The molecule has 0 aromatic carbocycles. The highest BCUT2D eigenvalue weighted by Gasteiger charge is 2.54. The van der Waals surface area contributed by atoms with E-state index in [2.05, 4.69) is 19.2 Å². The molecule has 0 aromatic heterocycles. The summed E-state index contributed by atoms with van der Waals surface area (Å²) in [6.07, 6.45) is -5.22. The molecule has 1 heterocycles. The summed E-state index contributed by atoms with van der Waals surface area (Å²) in [7, 11) is 0. The van der Waals surface area contributed by atoms with Crippen molar-refractivity contribution >= 4 is 11.9 Å². The normalized spacial score (nSPS) is 31.0. The van der Waals surface area contributed by atoms with Gasteiger partial charge in [-0.25, -0.2) is 4.79 Å². The van der Waals surface area contributed by atoms with E-state index in [1.165, 1.54) is 0 Å². The van der Waals surface area contributed by atoms with Crippen LogP contribution in [0.4, 0.5) is 18.0 Å². The van der Waals surface area contributed by atoms with E-state index in [0.29, 0.717) is 29.6 Å². The van der Waals surface area contributed by atoms with Crippen molar-refractivity contribution in [1.29, 1.82) is 0 Å². The molecule has 2 fully saturated rings. The van der Waals surface area contributed by atoms with Crippen LogP contribution >= 0.6 is 0 Å². The Hall–Kier alpha value is -1.31. The van der Waals surface area contributed by atoms with Crippen molar-refractivity contribution in [3.8, 4) is 0 Å². The molecule has 2 rings (SSSR count). The molecule has 1 saturated heterocycles. The van der Waals surface area contributed by atoms with Crippen LogP contribution in [0.25, 0.3) is 0 Å². The summed E-state index contributed by atoms with van der Waals surface area (Å²) in [5.74, 6) is 0.265. The van der Waals surface area contributed by atoms with Crippen LogP contribution in [-0.4, -0.2) is 46.3 Å². The van der Waals surface area contributed by atoms with Gasteiger partial charge in [0.05, 0.1) is 6.54 Å². The average molecular weight is 322 g/mol. The molecule has 8 heteroatoms. The summed E-state index contributed by atoms with van der Waals surface area (Å²) in [6.45, 7) is 3.12. The molecule has 1 spiro atoms. The molecule has 1 saturated carbocycles. The first-order valence-electron chi connectivity index (χ1n) is 7.46. The van der Waals surface area contributed by atoms with Gasteiger partial charge in [0.15, 0.2) is 6.10 Å². The van der Waals surface area contributed by atoms with Gasteiger partial charge in [0.2, 0.25) is 0 Å². The largest absolute Gasteiger partial charge is 0.416 e. The number of urea groups is 1. The van der Waals surface area contributed by atoms with Gasteiger partial charge < -0.3 is 10.4 Å². The Bertz CT molecular complexity index is 457. The number of aliphatic hydroxyl groups is 1. The smallest absolute Gasteiger partial charge is 0.382 e. The van der Waals surface area contributed by atoms with E-state index < -0.39 is 36.3 Å². The average Bonchev–Trinajstić information content (AvgIpc) is 2.63. The Morgan fingerprint density at radius 2 is 1.86 bits per heavy atom. The first-order chi connectivity index (χ1) is 10.1. The summed E-state index contributed by atoms with van der Waals surface area (Å²) in [5.41, 5.74) is -1.09. The first-order valence-corrected chi connectivity index (χ1v) is 7.46. The third-order valence-corrected chi connectivity index (χ3v) is 4.81. The van der Waals surface area contributed by atoms with Crippen molar-refractivity contribution in [2.75, 3.05) is 6.54 Å². The summed E-state index contributed by atoms with van der Waals surface area (Å²) >= 11 is 0. The molecule has 1 aliphatic carbocycles. The molecule has 3 amide bonds. The van der Waals surface area contributed by atoms with Crippen molar-refractivity contribution in [3.63, 3.8) is 0 Å². The molecule has 1 atom stereocenters. The Labute approximate surface area is 126 Å². The highest BCUT2D eigenvalue weighted by atomic mass is 19.4. The highest BCUT2D eigenvalue weighted by molar-refractivity contribution is 6.07. The van der Waals surface area contributed by atoms with Crippen LogP contribution in [0.3, 0.4) is 0 Å². The van der Waals surface area contributed by atoms with Crippen molar-refractivity contribution < 1.29 is 27.9 Å². The van der Waals surface area contributed by atoms with Crippen LogP contribution in [0, 0.1) is 11.8 Å². The van der Waals surface area contributed by atoms with E-state index in [4.69, 9.17) is 5.11 Å². The van der Waals surface area contributed by atoms with Crippen molar-refractivity contribution in [1.82, 2.24) is 10.2 Å². The van der Waals surface area contributed by atoms with E-state index in [0.717, 1.165) is 12.8 Å². The number of hydrogen-bond acceptors (Lipinski definition) is 3. The molecule has 2 aliphatic rings. The van der Waals surface area contributed by atoms with Gasteiger partial charge in [-0.1, -0.05) is 13.8 Å². The summed E-state index contributed by atoms with van der Waals surface area (Å²) in [4.78, 5) is 24.7. The summed E-state index contributed by atoms with van der Waals surface area (Å²) < 4.78 is 37.2. The lowest BCUT2D eigenvalue weighted by atomic mass is 9.73. The third kappa shape index (κ3) is 3.06. The molecule has 22 heavy (non-hydrogen) atoms. The number of aliphatic hydroxyl groups excluding tert-OH is 1. The zero-order valence-corrected chi connectivity index (χ0v) is 12.6. The number of amides is 3. The Morgan fingerprint density at radius 1 is 1.32 bits per heavy atom. The number of halogens is 3. The predicted octanol–water partition coefficient (Wildman–Crippen LogP) is 2.05. The molecule has 1 aliphatic heterocycles. The number of carbonyl (C=O) groups excluding carboxylic acids is 2. The molecule has 5 nitrogen and oxygen atoms in total. The number of alkyl halides is 3. The number of carbonyl (C=O) groups is 2. The van der Waals surface area contributed by atoms with E-state index in [1.54, 1.807) is 0 Å². The van der Waals surface area contributed by atoms with Crippen LogP contribution in [0.1, 0.15) is 39.5 Å². The third-order valence-electron chi connectivity index (χ3n) is 4.81. The standard InChI is InChI=1S/C14H21F3N2O3/c1-8(2)9-3-5-13(6-4-9)11(21)19(12(22)18-13)7-10(20)14(15,16)17/h8-10,20H,3-7H2,1-2H3,(H,18,22)/t9?,10-,13?/m1/s1. The topological polar surface area (TPSA) is 69.6 Å². The molecule has 2 N–H and O–H groups in total. The van der Waals surface area contributed by atoms with Crippen molar-refractivity contribution in [3.05, 3.63) is 0 Å². The number of nitrogens with one attached hydrogen (secondary N) is 1. The van der Waals surface area contributed by atoms with Gasteiger partial charge in [-0.2, -0.15) is 13.2 Å². The summed E-state index contributed by atoms with van der Waals surface area (Å²) in [5, 5.41) is 11.6. The van der Waals surface area contributed by atoms with Gasteiger partial charge in [-0.3, -0.25) is 9.69 Å². The van der Waals surface area contributed by atoms with Gasteiger partial charge in [0.25, 0.3) is 5.91 Å². The van der Waals surface area contributed by atoms with E-state index in [9.17, 15) is 22.8 Å². The SMILES string of the molecule is CC(C)C1CCC2(CC1)NC(=O)N(C[C@@H](O)C(F)(F)F)C2=O. The highest BCUT2D eigenvalue weighted by Crippen LogP contribution is 2.39. The number of β-amino-alcohol motifs (C(OH)–C–C–N with tert-alkyl or cyclic N) is 1. The molecular formula is C14H21F3N2O3. The fourth-order valence-corrected chi connectivity index (χ4v) is 3.26.